The summed E-state index contributed by atoms with van der Waals surface area (Å²) in [6.07, 6.45) is 6.04. The Kier molecular flexibility index (Phi) is 5.44. The largest absolute Gasteiger partial charge is 0.349 e. The Morgan fingerprint density at radius 1 is 1.21 bits per heavy atom. The summed E-state index contributed by atoms with van der Waals surface area (Å²) in [6, 6.07) is 8.17. The number of hydrogen-bond acceptors (Lipinski definition) is 1. The Labute approximate surface area is 124 Å². The molecule has 1 amide bonds. The third-order valence-electron chi connectivity index (χ3n) is 4.13. The number of rotatable bonds is 4. The second kappa shape index (κ2) is 7.09. The molecule has 104 valence electrons. The molecule has 0 atom stereocenters. The van der Waals surface area contributed by atoms with Crippen molar-refractivity contribution in [2.24, 2.45) is 5.92 Å². The van der Waals surface area contributed by atoms with E-state index in [-0.39, 0.29) is 5.91 Å². The van der Waals surface area contributed by atoms with Crippen LogP contribution in [0.1, 0.15) is 54.9 Å². The van der Waals surface area contributed by atoms with Gasteiger partial charge in [-0.25, -0.2) is 0 Å². The van der Waals surface area contributed by atoms with Gasteiger partial charge in [0.25, 0.3) is 5.91 Å². The highest BCUT2D eigenvalue weighted by Crippen LogP contribution is 2.26. The molecule has 2 rings (SSSR count). The van der Waals surface area contributed by atoms with Crippen LogP contribution >= 0.6 is 15.9 Å². The van der Waals surface area contributed by atoms with E-state index in [1.54, 1.807) is 0 Å². The Balaban J connectivity index is 1.87. The van der Waals surface area contributed by atoms with E-state index in [9.17, 15) is 4.79 Å². The Hall–Kier alpha value is -0.830. The molecule has 1 fully saturated rings. The zero-order valence-corrected chi connectivity index (χ0v) is 13.1. The summed E-state index contributed by atoms with van der Waals surface area (Å²) in [4.78, 5) is 12.1. The van der Waals surface area contributed by atoms with Crippen LogP contribution in [0.15, 0.2) is 24.3 Å². The minimum atomic E-state index is 0.0704. The number of alkyl halides is 1. The van der Waals surface area contributed by atoms with Crippen LogP contribution < -0.4 is 5.32 Å². The molecular weight excluding hydrogens is 302 g/mol. The molecule has 0 aliphatic heterocycles. The molecule has 1 aromatic carbocycles. The van der Waals surface area contributed by atoms with Crippen molar-refractivity contribution in [2.75, 3.05) is 0 Å². The van der Waals surface area contributed by atoms with Crippen LogP contribution in [-0.4, -0.2) is 11.9 Å². The molecule has 19 heavy (non-hydrogen) atoms. The fourth-order valence-electron chi connectivity index (χ4n) is 2.73. The molecule has 0 saturated heterocycles. The fraction of sp³-hybridized carbons (Fsp3) is 0.562. The van der Waals surface area contributed by atoms with Gasteiger partial charge >= 0.3 is 0 Å². The average Bonchev–Trinajstić information content (AvgIpc) is 2.48. The van der Waals surface area contributed by atoms with Gasteiger partial charge in [0, 0.05) is 16.9 Å². The van der Waals surface area contributed by atoms with E-state index in [1.165, 1.54) is 24.8 Å². The van der Waals surface area contributed by atoms with Gasteiger partial charge in [0.05, 0.1) is 0 Å². The van der Waals surface area contributed by atoms with Crippen LogP contribution in [0.5, 0.6) is 0 Å². The van der Waals surface area contributed by atoms with E-state index in [1.807, 2.05) is 24.3 Å². The van der Waals surface area contributed by atoms with E-state index in [0.717, 1.165) is 29.7 Å². The number of hydrogen-bond donors (Lipinski definition) is 1. The van der Waals surface area contributed by atoms with Crippen molar-refractivity contribution in [1.82, 2.24) is 5.32 Å². The lowest BCUT2D eigenvalue weighted by atomic mass is 9.84. The topological polar surface area (TPSA) is 29.1 Å². The molecule has 0 radical (unpaired) electrons. The minimum Gasteiger partial charge on any atom is -0.349 e. The van der Waals surface area contributed by atoms with Crippen molar-refractivity contribution in [3.63, 3.8) is 0 Å². The van der Waals surface area contributed by atoms with Gasteiger partial charge in [-0.1, -0.05) is 41.4 Å². The number of nitrogens with one attached hydrogen (secondary N) is 1. The SMILES string of the molecule is CCC1CCC(NC(=O)c2ccc(CBr)cc2)CC1. The van der Waals surface area contributed by atoms with Crippen molar-refractivity contribution < 1.29 is 4.79 Å². The van der Waals surface area contributed by atoms with Gasteiger partial charge in [-0.3, -0.25) is 4.79 Å². The number of amides is 1. The number of halogens is 1. The third kappa shape index (κ3) is 4.07. The number of carbonyl (C=O) groups is 1. The summed E-state index contributed by atoms with van der Waals surface area (Å²) in [7, 11) is 0. The van der Waals surface area contributed by atoms with E-state index in [4.69, 9.17) is 0 Å². The van der Waals surface area contributed by atoms with Crippen LogP contribution in [0, 0.1) is 5.92 Å². The van der Waals surface area contributed by atoms with Crippen molar-refractivity contribution >= 4 is 21.8 Å². The molecule has 1 N–H and O–H groups in total. The third-order valence-corrected chi connectivity index (χ3v) is 4.78. The van der Waals surface area contributed by atoms with Crippen LogP contribution in [0.25, 0.3) is 0 Å². The molecule has 0 aromatic heterocycles. The zero-order valence-electron chi connectivity index (χ0n) is 11.5. The normalized spacial score (nSPS) is 23.1. The molecular formula is C16H22BrNO. The van der Waals surface area contributed by atoms with Gasteiger partial charge in [0.15, 0.2) is 0 Å². The first-order chi connectivity index (χ1) is 9.22. The van der Waals surface area contributed by atoms with Gasteiger partial charge in [-0.15, -0.1) is 0 Å². The van der Waals surface area contributed by atoms with Crippen LogP contribution in [0.2, 0.25) is 0 Å². The van der Waals surface area contributed by atoms with Gasteiger partial charge in [-0.05, 0) is 49.3 Å². The van der Waals surface area contributed by atoms with Crippen molar-refractivity contribution in [3.05, 3.63) is 35.4 Å². The second-order valence-electron chi connectivity index (χ2n) is 5.43. The highest BCUT2D eigenvalue weighted by atomic mass is 79.9. The summed E-state index contributed by atoms with van der Waals surface area (Å²) in [5.41, 5.74) is 1.96. The predicted molar refractivity (Wildman–Crippen MR) is 82.6 cm³/mol. The lowest BCUT2D eigenvalue weighted by Gasteiger charge is -2.28. The molecule has 0 unspecified atom stereocenters. The highest BCUT2D eigenvalue weighted by molar-refractivity contribution is 9.08. The van der Waals surface area contributed by atoms with Gasteiger partial charge < -0.3 is 5.32 Å². The van der Waals surface area contributed by atoms with E-state index in [2.05, 4.69) is 28.2 Å². The molecule has 0 spiro atoms. The van der Waals surface area contributed by atoms with Crippen molar-refractivity contribution in [1.29, 1.82) is 0 Å². The van der Waals surface area contributed by atoms with Gasteiger partial charge in [0.2, 0.25) is 0 Å². The van der Waals surface area contributed by atoms with Crippen LogP contribution in [-0.2, 0) is 5.33 Å². The standard InChI is InChI=1S/C16H22BrNO/c1-2-12-5-9-15(10-6-12)18-16(19)14-7-3-13(11-17)4-8-14/h3-4,7-8,12,15H,2,5-6,9-11H2,1H3,(H,18,19). The summed E-state index contributed by atoms with van der Waals surface area (Å²) >= 11 is 3.41. The molecule has 1 aliphatic carbocycles. The van der Waals surface area contributed by atoms with E-state index >= 15 is 0 Å². The molecule has 0 heterocycles. The van der Waals surface area contributed by atoms with Crippen LogP contribution in [0.4, 0.5) is 0 Å². The van der Waals surface area contributed by atoms with E-state index < -0.39 is 0 Å². The van der Waals surface area contributed by atoms with Gasteiger partial charge in [-0.2, -0.15) is 0 Å². The lowest BCUT2D eigenvalue weighted by molar-refractivity contribution is 0.0921. The summed E-state index contributed by atoms with van der Waals surface area (Å²) in [5.74, 6) is 0.937. The maximum Gasteiger partial charge on any atom is 0.251 e. The molecule has 0 bridgehead atoms. The smallest absolute Gasteiger partial charge is 0.251 e. The first-order valence-corrected chi connectivity index (χ1v) is 8.30. The molecule has 2 nitrogen and oxygen atoms in total. The quantitative estimate of drug-likeness (QED) is 0.823. The number of benzene rings is 1. The maximum atomic E-state index is 12.1. The summed E-state index contributed by atoms with van der Waals surface area (Å²) < 4.78 is 0. The molecule has 1 aliphatic rings. The van der Waals surface area contributed by atoms with E-state index in [0.29, 0.717) is 6.04 Å². The first kappa shape index (κ1) is 14.6. The average molecular weight is 324 g/mol. The van der Waals surface area contributed by atoms with Crippen molar-refractivity contribution in [3.8, 4) is 0 Å². The first-order valence-electron chi connectivity index (χ1n) is 7.18. The lowest BCUT2D eigenvalue weighted by Crippen LogP contribution is -2.37. The fourth-order valence-corrected chi connectivity index (χ4v) is 3.10. The molecule has 3 heteroatoms. The predicted octanol–water partition coefficient (Wildman–Crippen LogP) is 4.28. The monoisotopic (exact) mass is 323 g/mol. The molecule has 1 saturated carbocycles. The Morgan fingerprint density at radius 3 is 2.37 bits per heavy atom. The maximum absolute atomic E-state index is 12.1. The Bertz CT molecular complexity index is 407. The number of carbonyl (C=O) groups excluding carboxylic acids is 1. The molecule has 1 aromatic rings. The Morgan fingerprint density at radius 2 is 1.84 bits per heavy atom. The summed E-state index contributed by atoms with van der Waals surface area (Å²) in [5, 5.41) is 4.00. The van der Waals surface area contributed by atoms with Crippen LogP contribution in [0.3, 0.4) is 0 Å². The van der Waals surface area contributed by atoms with Gasteiger partial charge in [0.1, 0.15) is 0 Å². The highest BCUT2D eigenvalue weighted by Gasteiger charge is 2.21. The second-order valence-corrected chi connectivity index (χ2v) is 5.99. The minimum absolute atomic E-state index is 0.0704. The summed E-state index contributed by atoms with van der Waals surface area (Å²) in [6.45, 7) is 2.26. The zero-order chi connectivity index (χ0) is 13.7. The van der Waals surface area contributed by atoms with Crippen molar-refractivity contribution in [2.45, 2.75) is 50.4 Å².